The van der Waals surface area contributed by atoms with Gasteiger partial charge in [-0.3, -0.25) is 4.79 Å². The molecule has 2 heterocycles. The average molecular weight is 435 g/mol. The van der Waals surface area contributed by atoms with Gasteiger partial charge in [0.15, 0.2) is 0 Å². The molecule has 29 heavy (non-hydrogen) atoms. The molecule has 3 aromatic rings. The number of anilines is 1. The Hall–Kier alpha value is -2.35. The van der Waals surface area contributed by atoms with Crippen LogP contribution in [0.3, 0.4) is 0 Å². The fraction of sp³-hybridized carbons (Fsp3) is 0.350. The van der Waals surface area contributed by atoms with E-state index in [1.54, 1.807) is 18.6 Å². The number of rotatable bonds is 9. The van der Waals surface area contributed by atoms with Gasteiger partial charge in [-0.15, -0.1) is 0 Å². The van der Waals surface area contributed by atoms with Crippen molar-refractivity contribution in [3.05, 3.63) is 47.0 Å². The van der Waals surface area contributed by atoms with Crippen molar-refractivity contribution in [1.82, 2.24) is 14.5 Å². The number of benzene rings is 1. The summed E-state index contributed by atoms with van der Waals surface area (Å²) in [6.07, 6.45) is 7.49. The predicted octanol–water partition coefficient (Wildman–Crippen LogP) is 4.19. The molecule has 0 atom stereocenters. The van der Waals surface area contributed by atoms with Crippen LogP contribution in [0, 0.1) is 0 Å². The van der Waals surface area contributed by atoms with Gasteiger partial charge in [0.2, 0.25) is 0 Å². The molecule has 0 radical (unpaired) electrons. The first-order valence-electron chi connectivity index (χ1n) is 9.38. The van der Waals surface area contributed by atoms with Crippen LogP contribution in [-0.4, -0.2) is 51.4 Å². The first kappa shape index (κ1) is 19.9. The lowest BCUT2D eigenvalue weighted by molar-refractivity contribution is -0.138. The molecule has 9 heteroatoms. The van der Waals surface area contributed by atoms with E-state index in [-0.39, 0.29) is 13.0 Å². The molecule has 1 aliphatic rings. The quantitative estimate of drug-likeness (QED) is 0.508. The SMILES string of the molecule is O=C(O)CCOCCN(c1cc(-n2ccnc2)c2ccc(Cl)c(Cl)c2n1)C1CC1. The number of nitrogens with zero attached hydrogens (tertiary/aromatic N) is 4. The number of carbonyl (C=O) groups is 1. The number of halogens is 2. The predicted molar refractivity (Wildman–Crippen MR) is 112 cm³/mol. The number of carboxylic acid groups (broad SMARTS) is 1. The van der Waals surface area contributed by atoms with Gasteiger partial charge in [-0.05, 0) is 25.0 Å². The second-order valence-electron chi connectivity index (χ2n) is 6.91. The van der Waals surface area contributed by atoms with Crippen molar-refractivity contribution in [1.29, 1.82) is 0 Å². The summed E-state index contributed by atoms with van der Waals surface area (Å²) in [5.74, 6) is -0.0774. The van der Waals surface area contributed by atoms with Crippen LogP contribution in [0.4, 0.5) is 5.82 Å². The van der Waals surface area contributed by atoms with E-state index < -0.39 is 5.97 Å². The third kappa shape index (κ3) is 4.47. The number of hydrogen-bond donors (Lipinski definition) is 1. The molecule has 0 amide bonds. The van der Waals surface area contributed by atoms with Gasteiger partial charge in [0.25, 0.3) is 0 Å². The van der Waals surface area contributed by atoms with Crippen LogP contribution >= 0.6 is 23.2 Å². The van der Waals surface area contributed by atoms with Gasteiger partial charge in [-0.2, -0.15) is 0 Å². The number of aliphatic carboxylic acids is 1. The monoisotopic (exact) mass is 434 g/mol. The van der Waals surface area contributed by atoms with Crippen LogP contribution in [0.1, 0.15) is 19.3 Å². The summed E-state index contributed by atoms with van der Waals surface area (Å²) in [5, 5.41) is 10.5. The molecule has 0 bridgehead atoms. The van der Waals surface area contributed by atoms with Gasteiger partial charge >= 0.3 is 5.97 Å². The second kappa shape index (κ2) is 8.57. The highest BCUT2D eigenvalue weighted by Crippen LogP contribution is 2.37. The zero-order valence-corrected chi connectivity index (χ0v) is 17.1. The fourth-order valence-corrected chi connectivity index (χ4v) is 3.62. The van der Waals surface area contributed by atoms with Gasteiger partial charge in [-0.1, -0.05) is 23.2 Å². The summed E-state index contributed by atoms with van der Waals surface area (Å²) >= 11 is 12.7. The third-order valence-electron chi connectivity index (χ3n) is 4.84. The molecule has 2 aromatic heterocycles. The summed E-state index contributed by atoms with van der Waals surface area (Å²) in [5.41, 5.74) is 1.55. The van der Waals surface area contributed by atoms with Crippen LogP contribution in [0.25, 0.3) is 16.6 Å². The lowest BCUT2D eigenvalue weighted by Crippen LogP contribution is -2.31. The third-order valence-corrected chi connectivity index (χ3v) is 5.63. The topological polar surface area (TPSA) is 80.5 Å². The van der Waals surface area contributed by atoms with E-state index in [1.807, 2.05) is 22.9 Å². The van der Waals surface area contributed by atoms with Crippen molar-refractivity contribution < 1.29 is 14.6 Å². The Labute approximate surface area is 177 Å². The molecule has 1 N–H and O–H groups in total. The Morgan fingerprint density at radius 2 is 2.14 bits per heavy atom. The average Bonchev–Trinajstić information content (AvgIpc) is 3.39. The van der Waals surface area contributed by atoms with Crippen LogP contribution in [-0.2, 0) is 9.53 Å². The number of carboxylic acids is 1. The van der Waals surface area contributed by atoms with Crippen molar-refractivity contribution in [3.63, 3.8) is 0 Å². The smallest absolute Gasteiger partial charge is 0.305 e. The number of aromatic nitrogens is 3. The zero-order chi connectivity index (χ0) is 20.4. The molecule has 4 rings (SSSR count). The Morgan fingerprint density at radius 3 is 2.83 bits per heavy atom. The highest BCUT2D eigenvalue weighted by Gasteiger charge is 2.30. The van der Waals surface area contributed by atoms with Crippen LogP contribution in [0.5, 0.6) is 0 Å². The summed E-state index contributed by atoms with van der Waals surface area (Å²) in [7, 11) is 0. The van der Waals surface area contributed by atoms with E-state index >= 15 is 0 Å². The highest BCUT2D eigenvalue weighted by atomic mass is 35.5. The Bertz CT molecular complexity index is 1020. The summed E-state index contributed by atoms with van der Waals surface area (Å²) in [4.78, 5) is 21.8. The minimum absolute atomic E-state index is 0.00343. The minimum Gasteiger partial charge on any atom is -0.481 e. The molecule has 0 unspecified atom stereocenters. The van der Waals surface area contributed by atoms with Crippen molar-refractivity contribution in [3.8, 4) is 5.69 Å². The van der Waals surface area contributed by atoms with Crippen molar-refractivity contribution in [2.45, 2.75) is 25.3 Å². The Kier molecular flexibility index (Phi) is 5.89. The summed E-state index contributed by atoms with van der Waals surface area (Å²) < 4.78 is 7.42. The van der Waals surface area contributed by atoms with Crippen molar-refractivity contribution in [2.24, 2.45) is 0 Å². The number of imidazole rings is 1. The molecule has 0 saturated heterocycles. The van der Waals surface area contributed by atoms with Gasteiger partial charge in [0, 0.05) is 36.4 Å². The van der Waals surface area contributed by atoms with E-state index in [2.05, 4.69) is 9.88 Å². The van der Waals surface area contributed by atoms with Gasteiger partial charge in [0.05, 0.1) is 47.2 Å². The molecular formula is C20H20Cl2N4O3. The summed E-state index contributed by atoms with van der Waals surface area (Å²) in [6, 6.07) is 6.08. The molecule has 1 aromatic carbocycles. The van der Waals surface area contributed by atoms with Gasteiger partial charge in [0.1, 0.15) is 5.82 Å². The van der Waals surface area contributed by atoms with Crippen molar-refractivity contribution >= 4 is 45.9 Å². The van der Waals surface area contributed by atoms with E-state index in [0.717, 1.165) is 29.7 Å². The lowest BCUT2D eigenvalue weighted by Gasteiger charge is -2.25. The number of fused-ring (bicyclic) bond motifs is 1. The maximum Gasteiger partial charge on any atom is 0.305 e. The highest BCUT2D eigenvalue weighted by molar-refractivity contribution is 6.45. The minimum atomic E-state index is -0.864. The van der Waals surface area contributed by atoms with Crippen LogP contribution in [0.2, 0.25) is 10.0 Å². The molecule has 1 aliphatic carbocycles. The zero-order valence-electron chi connectivity index (χ0n) is 15.6. The standard InChI is InChI=1S/C20H20Cl2N4O3/c21-15-4-3-14-16(25-7-6-23-12-25)11-17(24-20(14)19(15)22)26(13-1-2-13)8-10-29-9-5-18(27)28/h3-4,6-7,11-13H,1-2,5,8-10H2,(H,27,28). The maximum atomic E-state index is 10.6. The van der Waals surface area contributed by atoms with Gasteiger partial charge < -0.3 is 19.3 Å². The molecule has 1 fully saturated rings. The largest absolute Gasteiger partial charge is 0.481 e. The van der Waals surface area contributed by atoms with E-state index in [1.165, 1.54) is 0 Å². The first-order chi connectivity index (χ1) is 14.0. The lowest BCUT2D eigenvalue weighted by atomic mass is 10.1. The molecule has 1 saturated carbocycles. The number of hydrogen-bond acceptors (Lipinski definition) is 5. The van der Waals surface area contributed by atoms with Crippen LogP contribution < -0.4 is 4.90 Å². The molecular weight excluding hydrogens is 415 g/mol. The number of pyridine rings is 1. The first-order valence-corrected chi connectivity index (χ1v) is 10.1. The maximum absolute atomic E-state index is 10.6. The van der Waals surface area contributed by atoms with E-state index in [9.17, 15) is 4.79 Å². The van der Waals surface area contributed by atoms with Gasteiger partial charge in [-0.25, -0.2) is 9.97 Å². The second-order valence-corrected chi connectivity index (χ2v) is 7.69. The van der Waals surface area contributed by atoms with Crippen molar-refractivity contribution in [2.75, 3.05) is 24.7 Å². The number of ether oxygens (including phenoxy) is 1. The molecule has 0 aliphatic heterocycles. The summed E-state index contributed by atoms with van der Waals surface area (Å²) in [6.45, 7) is 1.23. The fourth-order valence-electron chi connectivity index (χ4n) is 3.26. The molecule has 0 spiro atoms. The van der Waals surface area contributed by atoms with Crippen LogP contribution in [0.15, 0.2) is 36.9 Å². The Morgan fingerprint density at radius 1 is 1.31 bits per heavy atom. The van der Waals surface area contributed by atoms with E-state index in [4.69, 9.17) is 38.0 Å². The normalized spacial score (nSPS) is 13.7. The Balaban J connectivity index is 1.68. The molecule has 152 valence electrons. The molecule has 7 nitrogen and oxygen atoms in total. The van der Waals surface area contributed by atoms with E-state index in [0.29, 0.717) is 34.8 Å².